The summed E-state index contributed by atoms with van der Waals surface area (Å²) >= 11 is 6.14. The molecule has 8 nitrogen and oxygen atoms in total. The third-order valence-corrected chi connectivity index (χ3v) is 7.34. The molecule has 2 aromatic rings. The van der Waals surface area contributed by atoms with Crippen LogP contribution in [0.4, 0.5) is 0 Å². The number of methoxy groups -OCH3 is 1. The molecule has 1 aliphatic heterocycles. The maximum Gasteiger partial charge on any atom is 0.338 e. The SMILES string of the molecule is COc1cc(C(=O)OCC(=O)N(C)C2CCS(=O)(=O)C2)ccc1OCc1ccccc1Cl. The number of hydrogen-bond acceptors (Lipinski definition) is 7. The zero-order valence-electron chi connectivity index (χ0n) is 17.7. The molecule has 172 valence electrons. The Hall–Kier alpha value is -2.78. The molecule has 10 heteroatoms. The number of carbonyl (C=O) groups is 2. The van der Waals surface area contributed by atoms with Crippen molar-refractivity contribution in [3.8, 4) is 11.5 Å². The number of amides is 1. The molecular formula is C22H24ClNO7S. The molecule has 3 rings (SSSR count). The number of rotatable bonds is 8. The highest BCUT2D eigenvalue weighted by molar-refractivity contribution is 7.91. The molecule has 0 radical (unpaired) electrons. The predicted octanol–water partition coefficient (Wildman–Crippen LogP) is 2.73. The number of carbonyl (C=O) groups excluding carboxylic acids is 2. The third-order valence-electron chi connectivity index (χ3n) is 5.22. The first-order chi connectivity index (χ1) is 15.2. The molecule has 1 atom stereocenters. The van der Waals surface area contributed by atoms with Gasteiger partial charge in [0.05, 0.1) is 24.2 Å². The maximum atomic E-state index is 12.4. The summed E-state index contributed by atoms with van der Waals surface area (Å²) in [4.78, 5) is 26.0. The Labute approximate surface area is 191 Å². The van der Waals surface area contributed by atoms with E-state index in [1.807, 2.05) is 18.2 Å². The van der Waals surface area contributed by atoms with Gasteiger partial charge in [0.1, 0.15) is 6.61 Å². The molecule has 1 heterocycles. The van der Waals surface area contributed by atoms with E-state index in [1.54, 1.807) is 12.1 Å². The van der Waals surface area contributed by atoms with Crippen molar-refractivity contribution in [2.75, 3.05) is 32.3 Å². The number of ether oxygens (including phenoxy) is 3. The Morgan fingerprint density at radius 3 is 2.56 bits per heavy atom. The summed E-state index contributed by atoms with van der Waals surface area (Å²) in [5, 5.41) is 0.580. The molecule has 2 aromatic carbocycles. The fourth-order valence-electron chi connectivity index (χ4n) is 3.28. The van der Waals surface area contributed by atoms with E-state index in [0.29, 0.717) is 22.9 Å². The molecule has 1 saturated heterocycles. The molecule has 0 spiro atoms. The van der Waals surface area contributed by atoms with Gasteiger partial charge in [-0.3, -0.25) is 4.79 Å². The summed E-state index contributed by atoms with van der Waals surface area (Å²) in [5.41, 5.74) is 0.989. The molecule has 1 fully saturated rings. The first kappa shape index (κ1) is 23.9. The molecule has 1 amide bonds. The van der Waals surface area contributed by atoms with Crippen molar-refractivity contribution < 1.29 is 32.2 Å². The first-order valence-electron chi connectivity index (χ1n) is 9.87. The van der Waals surface area contributed by atoms with Crippen molar-refractivity contribution in [1.29, 1.82) is 0 Å². The van der Waals surface area contributed by atoms with Crippen LogP contribution in [0, 0.1) is 0 Å². The fraction of sp³-hybridized carbons (Fsp3) is 0.364. The summed E-state index contributed by atoms with van der Waals surface area (Å²) < 4.78 is 39.4. The van der Waals surface area contributed by atoms with Crippen LogP contribution in [0.25, 0.3) is 0 Å². The minimum Gasteiger partial charge on any atom is -0.493 e. The van der Waals surface area contributed by atoms with Gasteiger partial charge in [-0.25, -0.2) is 13.2 Å². The van der Waals surface area contributed by atoms with Crippen LogP contribution in [0.15, 0.2) is 42.5 Å². The second kappa shape index (κ2) is 10.2. The van der Waals surface area contributed by atoms with Crippen LogP contribution in [0.1, 0.15) is 22.3 Å². The zero-order valence-corrected chi connectivity index (χ0v) is 19.3. The van der Waals surface area contributed by atoms with Crippen molar-refractivity contribution in [3.05, 3.63) is 58.6 Å². The Bertz CT molecular complexity index is 1100. The van der Waals surface area contributed by atoms with Crippen molar-refractivity contribution in [3.63, 3.8) is 0 Å². The molecule has 0 bridgehead atoms. The molecule has 0 N–H and O–H groups in total. The van der Waals surface area contributed by atoms with Gasteiger partial charge in [0.25, 0.3) is 5.91 Å². The summed E-state index contributed by atoms with van der Waals surface area (Å²) in [6.07, 6.45) is 0.380. The number of halogens is 1. The summed E-state index contributed by atoms with van der Waals surface area (Å²) in [5.74, 6) is -0.447. The van der Waals surface area contributed by atoms with E-state index < -0.39 is 34.4 Å². The van der Waals surface area contributed by atoms with Gasteiger partial charge in [0, 0.05) is 23.7 Å². The Balaban J connectivity index is 1.58. The quantitative estimate of drug-likeness (QED) is 0.534. The normalized spacial score (nSPS) is 16.9. The average Bonchev–Trinajstić information content (AvgIpc) is 3.15. The molecule has 0 aliphatic carbocycles. The first-order valence-corrected chi connectivity index (χ1v) is 12.1. The predicted molar refractivity (Wildman–Crippen MR) is 119 cm³/mol. The summed E-state index contributed by atoms with van der Waals surface area (Å²) in [6.45, 7) is -0.267. The van der Waals surface area contributed by atoms with E-state index in [2.05, 4.69) is 0 Å². The summed E-state index contributed by atoms with van der Waals surface area (Å²) in [7, 11) is -0.165. The van der Waals surface area contributed by atoms with Gasteiger partial charge in [-0.05, 0) is 30.7 Å². The van der Waals surface area contributed by atoms with Gasteiger partial charge in [-0.15, -0.1) is 0 Å². The smallest absolute Gasteiger partial charge is 0.338 e. The second-order valence-corrected chi connectivity index (χ2v) is 10.0. The number of benzene rings is 2. The van der Waals surface area contributed by atoms with Crippen LogP contribution in [-0.4, -0.2) is 63.5 Å². The number of likely N-dealkylation sites (N-methyl/N-ethyl adjacent to an activating group) is 1. The Morgan fingerprint density at radius 1 is 1.16 bits per heavy atom. The van der Waals surface area contributed by atoms with Crippen molar-refractivity contribution in [1.82, 2.24) is 4.90 Å². The highest BCUT2D eigenvalue weighted by atomic mass is 35.5. The molecule has 32 heavy (non-hydrogen) atoms. The maximum absolute atomic E-state index is 12.4. The van der Waals surface area contributed by atoms with E-state index in [0.717, 1.165) is 5.56 Å². The summed E-state index contributed by atoms with van der Waals surface area (Å²) in [6, 6.07) is 11.4. The van der Waals surface area contributed by atoms with Gasteiger partial charge >= 0.3 is 5.97 Å². The van der Waals surface area contributed by atoms with Crippen LogP contribution < -0.4 is 9.47 Å². The molecular weight excluding hydrogens is 458 g/mol. The number of nitrogens with zero attached hydrogens (tertiary/aromatic N) is 1. The highest BCUT2D eigenvalue weighted by Gasteiger charge is 2.33. The molecule has 1 aliphatic rings. The second-order valence-electron chi connectivity index (χ2n) is 7.38. The van der Waals surface area contributed by atoms with Gasteiger partial charge < -0.3 is 19.1 Å². The van der Waals surface area contributed by atoms with Crippen molar-refractivity contribution in [2.45, 2.75) is 19.1 Å². The molecule has 0 saturated carbocycles. The Kier molecular flexibility index (Phi) is 7.63. The van der Waals surface area contributed by atoms with Gasteiger partial charge in [-0.1, -0.05) is 29.8 Å². The molecule has 1 unspecified atom stereocenters. The molecule has 0 aromatic heterocycles. The Morgan fingerprint density at radius 2 is 1.91 bits per heavy atom. The van der Waals surface area contributed by atoms with E-state index in [1.165, 1.54) is 31.2 Å². The highest BCUT2D eigenvalue weighted by Crippen LogP contribution is 2.30. The monoisotopic (exact) mass is 481 g/mol. The third kappa shape index (κ3) is 5.92. The van der Waals surface area contributed by atoms with E-state index in [-0.39, 0.29) is 23.7 Å². The van der Waals surface area contributed by atoms with Crippen LogP contribution >= 0.6 is 11.6 Å². The largest absolute Gasteiger partial charge is 0.493 e. The van der Waals surface area contributed by atoms with E-state index in [9.17, 15) is 18.0 Å². The lowest BCUT2D eigenvalue weighted by atomic mass is 10.2. The van der Waals surface area contributed by atoms with Crippen molar-refractivity contribution in [2.24, 2.45) is 0 Å². The van der Waals surface area contributed by atoms with E-state index in [4.69, 9.17) is 25.8 Å². The van der Waals surface area contributed by atoms with Gasteiger partial charge in [-0.2, -0.15) is 0 Å². The number of sulfone groups is 1. The minimum atomic E-state index is -3.12. The number of esters is 1. The lowest BCUT2D eigenvalue weighted by Crippen LogP contribution is -2.40. The average molecular weight is 482 g/mol. The lowest BCUT2D eigenvalue weighted by Gasteiger charge is -2.23. The van der Waals surface area contributed by atoms with Crippen LogP contribution in [0.2, 0.25) is 5.02 Å². The lowest BCUT2D eigenvalue weighted by molar-refractivity contribution is -0.134. The van der Waals surface area contributed by atoms with Crippen molar-refractivity contribution >= 4 is 33.3 Å². The number of hydrogen-bond donors (Lipinski definition) is 0. The standard InChI is InChI=1S/C22H24ClNO7S/c1-24(17-9-10-32(27,28)14-17)21(25)13-31-22(26)15-7-8-19(20(11-15)29-2)30-12-16-5-3-4-6-18(16)23/h3-8,11,17H,9-10,12-14H2,1-2H3. The van der Waals surface area contributed by atoms with E-state index >= 15 is 0 Å². The fourth-order valence-corrected chi connectivity index (χ4v) is 5.25. The zero-order chi connectivity index (χ0) is 23.3. The minimum absolute atomic E-state index is 0.0553. The van der Waals surface area contributed by atoms with Crippen LogP contribution in [0.5, 0.6) is 11.5 Å². The van der Waals surface area contributed by atoms with Gasteiger partial charge in [0.2, 0.25) is 0 Å². The van der Waals surface area contributed by atoms with Gasteiger partial charge in [0.15, 0.2) is 27.9 Å². The van der Waals surface area contributed by atoms with Crippen LogP contribution in [-0.2, 0) is 26.0 Å². The topological polar surface area (TPSA) is 99.2 Å². The van der Waals surface area contributed by atoms with Crippen LogP contribution in [0.3, 0.4) is 0 Å².